The van der Waals surface area contributed by atoms with Crippen LogP contribution in [0, 0.1) is 0 Å². The van der Waals surface area contributed by atoms with Gasteiger partial charge in [0.15, 0.2) is 0 Å². The van der Waals surface area contributed by atoms with E-state index in [0.29, 0.717) is 11.6 Å². The third kappa shape index (κ3) is 4.94. The molecule has 0 aliphatic rings. The van der Waals surface area contributed by atoms with E-state index in [0.717, 1.165) is 5.56 Å². The Morgan fingerprint density at radius 2 is 1.88 bits per heavy atom. The van der Waals surface area contributed by atoms with Crippen LogP contribution in [0.4, 0.5) is 5.69 Å². The molecule has 0 spiro atoms. The molecule has 6 nitrogen and oxygen atoms in total. The van der Waals surface area contributed by atoms with Gasteiger partial charge in [-0.1, -0.05) is 23.7 Å². The zero-order chi connectivity index (χ0) is 18.6. The van der Waals surface area contributed by atoms with Crippen LogP contribution >= 0.6 is 11.6 Å². The molecule has 0 radical (unpaired) electrons. The summed E-state index contributed by atoms with van der Waals surface area (Å²) in [6.45, 7) is 0.619. The van der Waals surface area contributed by atoms with Gasteiger partial charge in [0.05, 0.1) is 16.1 Å². The first-order valence-corrected chi connectivity index (χ1v) is 9.37. The minimum Gasteiger partial charge on any atom is -0.355 e. The van der Waals surface area contributed by atoms with E-state index in [9.17, 15) is 13.2 Å². The Bertz CT molecular complexity index is 882. The van der Waals surface area contributed by atoms with Crippen LogP contribution in [-0.4, -0.2) is 40.4 Å². The van der Waals surface area contributed by atoms with Gasteiger partial charge in [0.25, 0.3) is 15.9 Å². The Balaban J connectivity index is 2.38. The normalized spacial score (nSPS) is 11.4. The third-order valence-corrected chi connectivity index (χ3v) is 5.00. The van der Waals surface area contributed by atoms with Crippen LogP contribution in [0.3, 0.4) is 0 Å². The molecule has 0 saturated carbocycles. The van der Waals surface area contributed by atoms with Crippen molar-refractivity contribution in [1.82, 2.24) is 10.2 Å². The van der Waals surface area contributed by atoms with Crippen LogP contribution in [0.25, 0.3) is 0 Å². The number of hydrogen-bond donors (Lipinski definition) is 2. The fourth-order valence-electron chi connectivity index (χ4n) is 2.31. The van der Waals surface area contributed by atoms with Crippen molar-refractivity contribution >= 4 is 33.2 Å². The van der Waals surface area contributed by atoms with Gasteiger partial charge in [-0.15, -0.1) is 0 Å². The first kappa shape index (κ1) is 19.2. The molecule has 0 saturated heterocycles. The molecule has 2 rings (SSSR count). The van der Waals surface area contributed by atoms with Crippen molar-refractivity contribution in [2.75, 3.05) is 25.9 Å². The lowest BCUT2D eigenvalue weighted by molar-refractivity contribution is 0.0964. The molecular formula is C17H20ClN3O3S. The number of carbonyl (C=O) groups is 1. The molecule has 0 heterocycles. The SMILES string of the molecule is CNC(=O)c1cc(Cl)ccc1NS(=O)(=O)c1cccc(CN(C)C)c1. The number of hydrogen-bond acceptors (Lipinski definition) is 4. The van der Waals surface area contributed by atoms with Crippen molar-refractivity contribution in [3.05, 3.63) is 58.6 Å². The summed E-state index contributed by atoms with van der Waals surface area (Å²) in [5.41, 5.74) is 1.19. The van der Waals surface area contributed by atoms with Crippen LogP contribution in [-0.2, 0) is 16.6 Å². The van der Waals surface area contributed by atoms with Gasteiger partial charge in [0.1, 0.15) is 0 Å². The number of anilines is 1. The van der Waals surface area contributed by atoms with E-state index in [-0.39, 0.29) is 16.1 Å². The number of nitrogens with zero attached hydrogens (tertiary/aromatic N) is 1. The Hall–Kier alpha value is -2.09. The molecular weight excluding hydrogens is 362 g/mol. The van der Waals surface area contributed by atoms with Crippen LogP contribution in [0.2, 0.25) is 5.02 Å². The average molecular weight is 382 g/mol. The number of nitrogens with one attached hydrogen (secondary N) is 2. The second-order valence-corrected chi connectivity index (χ2v) is 7.88. The highest BCUT2D eigenvalue weighted by molar-refractivity contribution is 7.92. The predicted octanol–water partition coefficient (Wildman–Crippen LogP) is 2.56. The maximum absolute atomic E-state index is 12.7. The Morgan fingerprint density at radius 3 is 2.52 bits per heavy atom. The second kappa shape index (κ2) is 7.86. The van der Waals surface area contributed by atoms with E-state index in [1.54, 1.807) is 12.1 Å². The maximum atomic E-state index is 12.7. The second-order valence-electron chi connectivity index (χ2n) is 5.76. The summed E-state index contributed by atoms with van der Waals surface area (Å²) in [6.07, 6.45) is 0. The van der Waals surface area contributed by atoms with E-state index in [2.05, 4.69) is 10.0 Å². The van der Waals surface area contributed by atoms with Gasteiger partial charge in [-0.05, 0) is 50.0 Å². The van der Waals surface area contributed by atoms with E-state index in [1.165, 1.54) is 31.3 Å². The quantitative estimate of drug-likeness (QED) is 0.806. The summed E-state index contributed by atoms with van der Waals surface area (Å²) >= 11 is 5.91. The lowest BCUT2D eigenvalue weighted by Gasteiger charge is -2.14. The van der Waals surface area contributed by atoms with Crippen LogP contribution < -0.4 is 10.0 Å². The highest BCUT2D eigenvalue weighted by Gasteiger charge is 2.19. The monoisotopic (exact) mass is 381 g/mol. The van der Waals surface area contributed by atoms with Gasteiger partial charge in [-0.3, -0.25) is 9.52 Å². The van der Waals surface area contributed by atoms with E-state index in [4.69, 9.17) is 11.6 Å². The molecule has 0 bridgehead atoms. The van der Waals surface area contributed by atoms with Crippen molar-refractivity contribution in [1.29, 1.82) is 0 Å². The smallest absolute Gasteiger partial charge is 0.261 e. The van der Waals surface area contributed by atoms with Crippen molar-refractivity contribution in [2.24, 2.45) is 0 Å². The van der Waals surface area contributed by atoms with Gasteiger partial charge < -0.3 is 10.2 Å². The highest BCUT2D eigenvalue weighted by Crippen LogP contribution is 2.24. The van der Waals surface area contributed by atoms with Gasteiger partial charge in [-0.2, -0.15) is 0 Å². The third-order valence-electron chi connectivity index (χ3n) is 3.41. The summed E-state index contributed by atoms with van der Waals surface area (Å²) in [7, 11) is 1.44. The first-order chi connectivity index (χ1) is 11.7. The fourth-order valence-corrected chi connectivity index (χ4v) is 3.63. The standard InChI is InChI=1S/C17H20ClN3O3S/c1-19-17(22)15-10-13(18)7-8-16(15)20-25(23,24)14-6-4-5-12(9-14)11-21(2)3/h4-10,20H,11H2,1-3H3,(H,19,22). The summed E-state index contributed by atoms with van der Waals surface area (Å²) in [5, 5.41) is 2.81. The Kier molecular flexibility index (Phi) is 6.05. The topological polar surface area (TPSA) is 78.5 Å². The van der Waals surface area contributed by atoms with E-state index >= 15 is 0 Å². The number of halogens is 1. The molecule has 1 amide bonds. The van der Waals surface area contributed by atoms with Gasteiger partial charge in [-0.25, -0.2) is 8.42 Å². The van der Waals surface area contributed by atoms with Crippen molar-refractivity contribution < 1.29 is 13.2 Å². The largest absolute Gasteiger partial charge is 0.355 e. The average Bonchev–Trinajstić information content (AvgIpc) is 2.55. The van der Waals surface area contributed by atoms with E-state index < -0.39 is 15.9 Å². The zero-order valence-electron chi connectivity index (χ0n) is 14.2. The molecule has 8 heteroatoms. The van der Waals surface area contributed by atoms with Gasteiger partial charge in [0, 0.05) is 18.6 Å². The predicted molar refractivity (Wildman–Crippen MR) is 99.5 cm³/mol. The number of benzene rings is 2. The minimum atomic E-state index is -3.84. The van der Waals surface area contributed by atoms with Crippen molar-refractivity contribution in [2.45, 2.75) is 11.4 Å². The molecule has 0 aromatic heterocycles. The molecule has 25 heavy (non-hydrogen) atoms. The summed E-state index contributed by atoms with van der Waals surface area (Å²) in [5.74, 6) is -0.429. The van der Waals surface area contributed by atoms with Gasteiger partial charge in [0.2, 0.25) is 0 Å². The maximum Gasteiger partial charge on any atom is 0.261 e. The summed E-state index contributed by atoms with van der Waals surface area (Å²) < 4.78 is 27.9. The summed E-state index contributed by atoms with van der Waals surface area (Å²) in [6, 6.07) is 11.1. The Morgan fingerprint density at radius 1 is 1.16 bits per heavy atom. The molecule has 0 aliphatic carbocycles. The van der Waals surface area contributed by atoms with Crippen molar-refractivity contribution in [3.8, 4) is 0 Å². The number of amides is 1. The van der Waals surface area contributed by atoms with Crippen LogP contribution in [0.15, 0.2) is 47.4 Å². The highest BCUT2D eigenvalue weighted by atomic mass is 35.5. The van der Waals surface area contributed by atoms with Crippen molar-refractivity contribution in [3.63, 3.8) is 0 Å². The molecule has 0 unspecified atom stereocenters. The molecule has 2 aromatic carbocycles. The first-order valence-electron chi connectivity index (χ1n) is 7.51. The number of sulfonamides is 1. The summed E-state index contributed by atoms with van der Waals surface area (Å²) in [4.78, 5) is 14.0. The molecule has 0 fully saturated rings. The zero-order valence-corrected chi connectivity index (χ0v) is 15.8. The van der Waals surface area contributed by atoms with Crippen LogP contribution in [0.1, 0.15) is 15.9 Å². The van der Waals surface area contributed by atoms with E-state index in [1.807, 2.05) is 25.1 Å². The molecule has 2 aromatic rings. The fraction of sp³-hybridized carbons (Fsp3) is 0.235. The minimum absolute atomic E-state index is 0.129. The molecule has 134 valence electrons. The van der Waals surface area contributed by atoms with Gasteiger partial charge >= 0.3 is 0 Å². The number of carbonyl (C=O) groups excluding carboxylic acids is 1. The molecule has 0 atom stereocenters. The molecule has 2 N–H and O–H groups in total. The Labute approximate surface area is 152 Å². The molecule has 0 aliphatic heterocycles. The van der Waals surface area contributed by atoms with Crippen LogP contribution in [0.5, 0.6) is 0 Å². The lowest BCUT2D eigenvalue weighted by atomic mass is 10.2. The number of rotatable bonds is 6. The lowest BCUT2D eigenvalue weighted by Crippen LogP contribution is -2.22.